The molecule has 2 rings (SSSR count). The van der Waals surface area contributed by atoms with Crippen molar-refractivity contribution in [1.82, 2.24) is 21.3 Å². The highest BCUT2D eigenvalue weighted by molar-refractivity contribution is 5.68. The molecule has 36 heavy (non-hydrogen) atoms. The summed E-state index contributed by atoms with van der Waals surface area (Å²) in [6.07, 6.45) is -9.14. The number of alkyl halides is 6. The first kappa shape index (κ1) is 32.1. The molecule has 2 amide bonds. The molecule has 212 valence electrons. The zero-order valence-electron chi connectivity index (χ0n) is 21.5. The Balaban J connectivity index is 0.000000360. The quantitative estimate of drug-likeness (QED) is 0.391. The summed E-state index contributed by atoms with van der Waals surface area (Å²) in [6.45, 7) is 10.6. The Morgan fingerprint density at radius 1 is 0.639 bits per heavy atom. The van der Waals surface area contributed by atoms with Crippen LogP contribution in [0.4, 0.5) is 35.9 Å². The lowest BCUT2D eigenvalue weighted by molar-refractivity contribution is -0.161. The third-order valence-corrected chi connectivity index (χ3v) is 5.06. The number of hydrogen-bond acceptors (Lipinski definition) is 6. The van der Waals surface area contributed by atoms with E-state index in [0.29, 0.717) is 0 Å². The molecule has 2 aliphatic heterocycles. The van der Waals surface area contributed by atoms with Crippen LogP contribution in [0.25, 0.3) is 0 Å². The maximum atomic E-state index is 12.4. The predicted octanol–water partition coefficient (Wildman–Crippen LogP) is 4.39. The van der Waals surface area contributed by atoms with Crippen LogP contribution in [-0.2, 0) is 9.47 Å². The summed E-state index contributed by atoms with van der Waals surface area (Å²) in [5.74, 6) is 0. The Labute approximate surface area is 207 Å². The van der Waals surface area contributed by atoms with Crippen LogP contribution >= 0.6 is 0 Å². The van der Waals surface area contributed by atoms with E-state index in [1.54, 1.807) is 41.5 Å². The van der Waals surface area contributed by atoms with Gasteiger partial charge in [0.25, 0.3) is 0 Å². The molecule has 0 aromatic carbocycles. The van der Waals surface area contributed by atoms with E-state index in [2.05, 4.69) is 21.3 Å². The SMILES string of the molecule is CC(C)(C)OC(=O)N[C@@H]1CC[C@H](C(F)(F)F)NC1.CC(C)(C)OC(=O)N[C@H]1CC[C@@H](C(F)(F)F)NC1. The fraction of sp³-hybridized carbons (Fsp3) is 0.909. The summed E-state index contributed by atoms with van der Waals surface area (Å²) >= 11 is 0. The maximum Gasteiger partial charge on any atom is 0.407 e. The Bertz CT molecular complexity index is 643. The lowest BCUT2D eigenvalue weighted by Gasteiger charge is -2.32. The number of carbonyl (C=O) groups is 2. The number of rotatable bonds is 2. The minimum absolute atomic E-state index is 0.0377. The Morgan fingerprint density at radius 2 is 0.944 bits per heavy atom. The van der Waals surface area contributed by atoms with Gasteiger partial charge in [0.15, 0.2) is 0 Å². The van der Waals surface area contributed by atoms with Gasteiger partial charge in [-0.3, -0.25) is 0 Å². The smallest absolute Gasteiger partial charge is 0.407 e. The molecule has 2 heterocycles. The van der Waals surface area contributed by atoms with E-state index in [4.69, 9.17) is 9.47 Å². The van der Waals surface area contributed by atoms with E-state index >= 15 is 0 Å². The zero-order valence-corrected chi connectivity index (χ0v) is 21.5. The largest absolute Gasteiger partial charge is 0.444 e. The standard InChI is InChI=1S/2C11H19F3N2O2/c2*1-10(2,3)18-9(17)16-7-4-5-8(15-6-7)11(12,13)14/h2*7-8,15H,4-6H2,1-3H3,(H,16,17)/t2*7-,8-/m10/s1. The summed E-state index contributed by atoms with van der Waals surface area (Å²) in [5.41, 5.74) is -1.22. The van der Waals surface area contributed by atoms with Crippen molar-refractivity contribution < 1.29 is 45.4 Å². The summed E-state index contributed by atoms with van der Waals surface area (Å²) in [5, 5.41) is 9.88. The highest BCUT2D eigenvalue weighted by atomic mass is 19.4. The van der Waals surface area contributed by atoms with E-state index in [1.807, 2.05) is 0 Å². The highest BCUT2D eigenvalue weighted by Gasteiger charge is 2.42. The van der Waals surface area contributed by atoms with Gasteiger partial charge in [-0.2, -0.15) is 26.3 Å². The molecule has 2 fully saturated rings. The van der Waals surface area contributed by atoms with Crippen molar-refractivity contribution in [2.45, 2.75) is 115 Å². The van der Waals surface area contributed by atoms with Gasteiger partial charge >= 0.3 is 24.5 Å². The van der Waals surface area contributed by atoms with Gasteiger partial charge in [-0.25, -0.2) is 9.59 Å². The first-order valence-corrected chi connectivity index (χ1v) is 11.7. The minimum Gasteiger partial charge on any atom is -0.444 e. The van der Waals surface area contributed by atoms with Crippen LogP contribution in [0.15, 0.2) is 0 Å². The fourth-order valence-corrected chi connectivity index (χ4v) is 3.47. The fourth-order valence-electron chi connectivity index (χ4n) is 3.47. The normalized spacial score (nSPS) is 25.7. The van der Waals surface area contributed by atoms with Crippen molar-refractivity contribution in [3.8, 4) is 0 Å². The van der Waals surface area contributed by atoms with E-state index < -0.39 is 47.8 Å². The van der Waals surface area contributed by atoms with Crippen molar-refractivity contribution in [3.63, 3.8) is 0 Å². The van der Waals surface area contributed by atoms with Crippen LogP contribution in [0.2, 0.25) is 0 Å². The minimum atomic E-state index is -4.23. The molecule has 0 unspecified atom stereocenters. The predicted molar refractivity (Wildman–Crippen MR) is 120 cm³/mol. The van der Waals surface area contributed by atoms with E-state index in [-0.39, 0.29) is 50.9 Å². The van der Waals surface area contributed by atoms with Crippen molar-refractivity contribution in [3.05, 3.63) is 0 Å². The first-order valence-electron chi connectivity index (χ1n) is 11.7. The van der Waals surface area contributed by atoms with Gasteiger partial charge < -0.3 is 30.7 Å². The summed E-state index contributed by atoms with van der Waals surface area (Å²) in [6, 6.07) is -3.60. The maximum absolute atomic E-state index is 12.4. The molecule has 0 aromatic rings. The molecule has 0 aliphatic carbocycles. The van der Waals surface area contributed by atoms with Gasteiger partial charge in [0.1, 0.15) is 23.3 Å². The number of carbonyl (C=O) groups excluding carboxylic acids is 2. The molecule has 0 spiro atoms. The van der Waals surface area contributed by atoms with Crippen LogP contribution in [0.1, 0.15) is 67.2 Å². The Hall–Kier alpha value is -1.96. The third-order valence-electron chi connectivity index (χ3n) is 5.06. The third kappa shape index (κ3) is 13.4. The van der Waals surface area contributed by atoms with E-state index in [9.17, 15) is 35.9 Å². The second-order valence-corrected chi connectivity index (χ2v) is 10.8. The van der Waals surface area contributed by atoms with Crippen LogP contribution in [0, 0.1) is 0 Å². The molecule has 0 saturated carbocycles. The molecule has 14 heteroatoms. The molecular weight excluding hydrogens is 498 g/mol. The molecular formula is C22H38F6N4O4. The van der Waals surface area contributed by atoms with Gasteiger partial charge in [0, 0.05) is 25.2 Å². The van der Waals surface area contributed by atoms with Crippen molar-refractivity contribution in [1.29, 1.82) is 0 Å². The first-order chi connectivity index (χ1) is 16.2. The van der Waals surface area contributed by atoms with Crippen LogP contribution in [-0.4, -0.2) is 73.0 Å². The number of hydrogen-bond donors (Lipinski definition) is 4. The van der Waals surface area contributed by atoms with Crippen molar-refractivity contribution >= 4 is 12.2 Å². The van der Waals surface area contributed by atoms with E-state index in [0.717, 1.165) is 0 Å². The zero-order chi connectivity index (χ0) is 27.9. The summed E-state index contributed by atoms with van der Waals surface area (Å²) in [4.78, 5) is 22.8. The van der Waals surface area contributed by atoms with Crippen molar-refractivity contribution in [2.75, 3.05) is 13.1 Å². The van der Waals surface area contributed by atoms with Crippen molar-refractivity contribution in [2.24, 2.45) is 0 Å². The summed E-state index contributed by atoms with van der Waals surface area (Å²) < 4.78 is 84.3. The second-order valence-electron chi connectivity index (χ2n) is 10.8. The number of halogens is 6. The average molecular weight is 537 g/mol. The molecule has 4 atom stereocenters. The average Bonchev–Trinajstić information content (AvgIpc) is 2.65. The van der Waals surface area contributed by atoms with Crippen LogP contribution < -0.4 is 21.3 Å². The molecule has 2 saturated heterocycles. The number of ether oxygens (including phenoxy) is 2. The van der Waals surface area contributed by atoms with E-state index in [1.165, 1.54) is 0 Å². The molecule has 2 aliphatic rings. The Kier molecular flexibility index (Phi) is 11.2. The number of alkyl carbamates (subject to hydrolysis) is 2. The monoisotopic (exact) mass is 536 g/mol. The number of piperidine rings is 2. The Morgan fingerprint density at radius 3 is 1.14 bits per heavy atom. The summed E-state index contributed by atoms with van der Waals surface area (Å²) in [7, 11) is 0. The van der Waals surface area contributed by atoms with Gasteiger partial charge in [-0.15, -0.1) is 0 Å². The highest BCUT2D eigenvalue weighted by Crippen LogP contribution is 2.27. The van der Waals surface area contributed by atoms with Gasteiger partial charge in [-0.1, -0.05) is 0 Å². The van der Waals surface area contributed by atoms with Crippen LogP contribution in [0.5, 0.6) is 0 Å². The second kappa shape index (κ2) is 12.5. The lowest BCUT2D eigenvalue weighted by atomic mass is 10.0. The molecule has 0 radical (unpaired) electrons. The number of nitrogens with one attached hydrogen (secondary N) is 4. The molecule has 8 nitrogen and oxygen atoms in total. The lowest BCUT2D eigenvalue weighted by Crippen LogP contribution is -2.54. The molecule has 4 N–H and O–H groups in total. The van der Waals surface area contributed by atoms with Gasteiger partial charge in [0.05, 0.1) is 0 Å². The van der Waals surface area contributed by atoms with Gasteiger partial charge in [-0.05, 0) is 67.2 Å². The number of amides is 2. The molecule has 0 aromatic heterocycles. The van der Waals surface area contributed by atoms with Crippen LogP contribution in [0.3, 0.4) is 0 Å². The molecule has 0 bridgehead atoms. The topological polar surface area (TPSA) is 101 Å². The van der Waals surface area contributed by atoms with Gasteiger partial charge in [0.2, 0.25) is 0 Å².